The lowest BCUT2D eigenvalue weighted by Gasteiger charge is -2.59. The quantitative estimate of drug-likeness (QED) is 0.154. The molecule has 6 atom stereocenters. The number of unbranched alkanes of at least 4 members (excludes halogenated alkanes) is 3. The summed E-state index contributed by atoms with van der Waals surface area (Å²) in [7, 11) is 4.63. The van der Waals surface area contributed by atoms with E-state index < -0.39 is 0 Å². The fourth-order valence-corrected chi connectivity index (χ4v) is 12.9. The first kappa shape index (κ1) is 38.1. The van der Waals surface area contributed by atoms with Gasteiger partial charge in [0.25, 0.3) is 0 Å². The van der Waals surface area contributed by atoms with E-state index in [2.05, 4.69) is 81.8 Å². The zero-order valence-electron chi connectivity index (χ0n) is 33.9. The minimum Gasteiger partial charge on any atom is -0.326 e. The standard InChI is InChI=1S/C46H68N6O2/c1-33-27-35-29-41-39(15-17-43(53)47-41)45(31-33)37(35)13-9-23-51(45)25-11-21-49(3)19-7-5-6-8-20-50(4)22-12-26-52-24-10-14-38-36-28-34(2)32-46(38,52)40-16-18-44(54)48-42(40)30-36/h15-18,27-28,35-38H,5-14,19-26,29-32H2,1-4H3,(H,47,53)(H,48,54)/t35-,36-,37+,38+,45+,46+/m0/s1. The number of nitrogens with zero attached hydrogens (tertiary/aromatic N) is 4. The summed E-state index contributed by atoms with van der Waals surface area (Å²) in [5.41, 5.74) is 8.47. The second-order valence-corrected chi connectivity index (χ2v) is 18.6. The maximum Gasteiger partial charge on any atom is 0.248 e. The molecule has 0 saturated carbocycles. The Labute approximate surface area is 324 Å². The summed E-state index contributed by atoms with van der Waals surface area (Å²) >= 11 is 0. The van der Waals surface area contributed by atoms with Crippen LogP contribution in [0.5, 0.6) is 0 Å². The van der Waals surface area contributed by atoms with E-state index >= 15 is 0 Å². The molecule has 294 valence electrons. The zero-order chi connectivity index (χ0) is 37.5. The maximum absolute atomic E-state index is 12.3. The lowest BCUT2D eigenvalue weighted by Crippen LogP contribution is -2.61. The number of nitrogens with one attached hydrogen (secondary N) is 2. The molecule has 6 aliphatic rings. The number of hydrogen-bond acceptors (Lipinski definition) is 6. The van der Waals surface area contributed by atoms with E-state index in [0.29, 0.717) is 23.7 Å². The summed E-state index contributed by atoms with van der Waals surface area (Å²) in [4.78, 5) is 41.8. The minimum atomic E-state index is 0.0436. The molecule has 0 spiro atoms. The normalized spacial score (nSPS) is 30.3. The molecule has 0 radical (unpaired) electrons. The van der Waals surface area contributed by atoms with Crippen LogP contribution in [0.4, 0.5) is 0 Å². The highest BCUT2D eigenvalue weighted by molar-refractivity contribution is 5.41. The van der Waals surface area contributed by atoms with Gasteiger partial charge in [0.05, 0.1) is 11.1 Å². The van der Waals surface area contributed by atoms with Gasteiger partial charge in [-0.25, -0.2) is 0 Å². The number of aromatic nitrogens is 2. The Morgan fingerprint density at radius 1 is 0.630 bits per heavy atom. The Balaban J connectivity index is 0.749. The van der Waals surface area contributed by atoms with Crippen LogP contribution in [0.25, 0.3) is 0 Å². The molecule has 0 amide bonds. The maximum atomic E-state index is 12.3. The second kappa shape index (κ2) is 16.0. The summed E-state index contributed by atoms with van der Waals surface area (Å²) < 4.78 is 0. The summed E-state index contributed by atoms with van der Waals surface area (Å²) in [6, 6.07) is 7.89. The lowest BCUT2D eigenvalue weighted by molar-refractivity contribution is -0.0464. The largest absolute Gasteiger partial charge is 0.326 e. The van der Waals surface area contributed by atoms with Gasteiger partial charge in [-0.05, 0) is 191 Å². The molecule has 4 bridgehead atoms. The van der Waals surface area contributed by atoms with Crippen LogP contribution < -0.4 is 11.1 Å². The Morgan fingerprint density at radius 3 is 1.50 bits per heavy atom. The van der Waals surface area contributed by atoms with Gasteiger partial charge in [-0.3, -0.25) is 19.4 Å². The third-order valence-corrected chi connectivity index (χ3v) is 14.9. The second-order valence-electron chi connectivity index (χ2n) is 18.6. The molecule has 2 saturated heterocycles. The average Bonchev–Trinajstić information content (AvgIpc) is 3.12. The van der Waals surface area contributed by atoms with Gasteiger partial charge >= 0.3 is 0 Å². The number of aromatic amines is 2. The molecular weight excluding hydrogens is 669 g/mol. The number of piperidine rings is 2. The van der Waals surface area contributed by atoms with Crippen LogP contribution in [0, 0.1) is 23.7 Å². The van der Waals surface area contributed by atoms with Crippen LogP contribution >= 0.6 is 0 Å². The van der Waals surface area contributed by atoms with Crippen molar-refractivity contribution in [1.29, 1.82) is 0 Å². The van der Waals surface area contributed by atoms with Crippen LogP contribution in [0.15, 0.2) is 57.2 Å². The first-order valence-corrected chi connectivity index (χ1v) is 21.8. The number of likely N-dealkylation sites (tertiary alicyclic amines) is 2. The Bertz CT molecular complexity index is 1700. The number of pyridine rings is 2. The van der Waals surface area contributed by atoms with Gasteiger partial charge in [0.15, 0.2) is 0 Å². The van der Waals surface area contributed by atoms with E-state index in [4.69, 9.17) is 0 Å². The van der Waals surface area contributed by atoms with E-state index in [1.165, 1.54) is 124 Å². The van der Waals surface area contributed by atoms with E-state index in [0.717, 1.165) is 51.9 Å². The van der Waals surface area contributed by atoms with Crippen LogP contribution in [0.3, 0.4) is 0 Å². The van der Waals surface area contributed by atoms with Crippen molar-refractivity contribution in [3.63, 3.8) is 0 Å². The van der Waals surface area contributed by atoms with Gasteiger partial charge < -0.3 is 19.8 Å². The first-order valence-electron chi connectivity index (χ1n) is 21.8. The number of H-pyrrole nitrogens is 2. The average molecular weight is 737 g/mol. The molecule has 8 rings (SSSR count). The van der Waals surface area contributed by atoms with Crippen LogP contribution in [0.2, 0.25) is 0 Å². The molecule has 2 N–H and O–H groups in total. The number of hydrogen-bond donors (Lipinski definition) is 2. The van der Waals surface area contributed by atoms with Gasteiger partial charge in [0, 0.05) is 36.6 Å². The molecule has 4 heterocycles. The Hall–Kier alpha value is -2.78. The topological polar surface area (TPSA) is 78.7 Å². The van der Waals surface area contributed by atoms with Gasteiger partial charge in [0.2, 0.25) is 11.1 Å². The molecule has 8 nitrogen and oxygen atoms in total. The number of allylic oxidation sites excluding steroid dienone is 2. The lowest BCUT2D eigenvalue weighted by atomic mass is 9.56. The van der Waals surface area contributed by atoms with Crippen molar-refractivity contribution in [2.75, 3.05) is 66.5 Å². The van der Waals surface area contributed by atoms with Crippen LogP contribution in [0.1, 0.15) is 113 Å². The van der Waals surface area contributed by atoms with Crippen molar-refractivity contribution >= 4 is 0 Å². The van der Waals surface area contributed by atoms with Crippen molar-refractivity contribution in [3.05, 3.63) is 90.8 Å². The Kier molecular flexibility index (Phi) is 11.3. The summed E-state index contributed by atoms with van der Waals surface area (Å²) in [6.45, 7) is 13.9. The van der Waals surface area contributed by atoms with E-state index in [1.807, 2.05) is 0 Å². The van der Waals surface area contributed by atoms with Crippen molar-refractivity contribution in [3.8, 4) is 0 Å². The zero-order valence-corrected chi connectivity index (χ0v) is 33.9. The molecule has 0 aromatic carbocycles. The van der Waals surface area contributed by atoms with Crippen molar-refractivity contribution in [2.45, 2.75) is 115 Å². The molecule has 2 fully saturated rings. The highest BCUT2D eigenvalue weighted by atomic mass is 16.1. The van der Waals surface area contributed by atoms with Crippen molar-refractivity contribution < 1.29 is 0 Å². The minimum absolute atomic E-state index is 0.0436. The van der Waals surface area contributed by atoms with E-state index in [1.54, 1.807) is 12.1 Å². The van der Waals surface area contributed by atoms with Gasteiger partial charge in [-0.1, -0.05) is 36.1 Å². The molecule has 54 heavy (non-hydrogen) atoms. The smallest absolute Gasteiger partial charge is 0.248 e. The predicted molar refractivity (Wildman–Crippen MR) is 220 cm³/mol. The summed E-state index contributed by atoms with van der Waals surface area (Å²) in [5, 5.41) is 0. The molecule has 2 aromatic rings. The van der Waals surface area contributed by atoms with Crippen LogP contribution in [-0.4, -0.2) is 96.0 Å². The number of rotatable bonds is 15. The predicted octanol–water partition coefficient (Wildman–Crippen LogP) is 6.83. The third kappa shape index (κ3) is 7.18. The third-order valence-electron chi connectivity index (χ3n) is 14.9. The first-order chi connectivity index (χ1) is 26.2. The molecule has 4 aliphatic carbocycles. The van der Waals surface area contributed by atoms with Gasteiger partial charge in [-0.2, -0.15) is 0 Å². The monoisotopic (exact) mass is 737 g/mol. The van der Waals surface area contributed by atoms with Crippen LogP contribution in [-0.2, 0) is 23.9 Å². The molecule has 8 heteroatoms. The van der Waals surface area contributed by atoms with E-state index in [9.17, 15) is 9.59 Å². The highest BCUT2D eigenvalue weighted by Gasteiger charge is 2.56. The SMILES string of the molecule is CC1=C[C@H]2Cc3[nH]c(=O)ccc3[C@@]3(C1)[C@@H]2CCCN3CCCN(C)CCCCCCN(C)CCCN1CCC[C@@H]2[C@H]3C=C(C)C[C@]21c1ccc(=O)[nH]c1C3. The van der Waals surface area contributed by atoms with Gasteiger partial charge in [0.1, 0.15) is 0 Å². The van der Waals surface area contributed by atoms with Crippen molar-refractivity contribution in [2.24, 2.45) is 23.7 Å². The fourth-order valence-electron chi connectivity index (χ4n) is 12.9. The molecular formula is C46H68N6O2. The highest BCUT2D eigenvalue weighted by Crippen LogP contribution is 2.58. The number of fused-ring (bicyclic) bond motifs is 2. The molecule has 2 aliphatic heterocycles. The summed E-state index contributed by atoms with van der Waals surface area (Å²) in [6.07, 6.45) is 22.0. The summed E-state index contributed by atoms with van der Waals surface area (Å²) in [5.74, 6) is 2.43. The molecule has 2 aromatic heterocycles. The Morgan fingerprint density at radius 2 is 1.06 bits per heavy atom. The fraction of sp³-hybridized carbons (Fsp3) is 0.696. The molecule has 0 unspecified atom stereocenters. The van der Waals surface area contributed by atoms with Crippen molar-refractivity contribution in [1.82, 2.24) is 29.6 Å². The van der Waals surface area contributed by atoms with Gasteiger partial charge in [-0.15, -0.1) is 0 Å². The van der Waals surface area contributed by atoms with E-state index in [-0.39, 0.29) is 22.2 Å².